The molecule has 0 unspecified atom stereocenters. The van der Waals surface area contributed by atoms with Crippen LogP contribution >= 0.6 is 11.6 Å². The van der Waals surface area contributed by atoms with Crippen molar-refractivity contribution in [3.8, 4) is 0 Å². The van der Waals surface area contributed by atoms with Crippen LogP contribution in [-0.4, -0.2) is 94.3 Å². The molecular formula is C32H37ClF2N6O4S. The number of hydrogen-bond donors (Lipinski definition) is 1. The van der Waals surface area contributed by atoms with Gasteiger partial charge < -0.3 is 20.0 Å². The Morgan fingerprint density at radius 1 is 0.978 bits per heavy atom. The predicted molar refractivity (Wildman–Crippen MR) is 173 cm³/mol. The number of hydrogen-bond acceptors (Lipinski definition) is 7. The first-order chi connectivity index (χ1) is 21.9. The quantitative estimate of drug-likeness (QED) is 0.240. The van der Waals surface area contributed by atoms with Gasteiger partial charge in [-0.15, -0.1) is 0 Å². The molecule has 246 valence electrons. The number of anilines is 2. The molecule has 2 aromatic carbocycles. The number of carbonyl (C=O) groups excluding carboxylic acids is 2. The molecule has 0 spiro atoms. The van der Waals surface area contributed by atoms with Gasteiger partial charge in [0.25, 0.3) is 11.8 Å². The summed E-state index contributed by atoms with van der Waals surface area (Å²) < 4.78 is 59.5. The molecule has 2 saturated heterocycles. The summed E-state index contributed by atoms with van der Waals surface area (Å²) >= 11 is 6.20. The smallest absolute Gasteiger partial charge is 0.298 e. The van der Waals surface area contributed by atoms with Crippen LogP contribution in [0, 0.1) is 0 Å². The van der Waals surface area contributed by atoms with E-state index < -0.39 is 15.9 Å². The van der Waals surface area contributed by atoms with Gasteiger partial charge in [-0.2, -0.15) is 13.1 Å². The van der Waals surface area contributed by atoms with Crippen molar-refractivity contribution in [3.05, 3.63) is 82.5 Å². The number of carbonyl (C=O) groups is 2. The molecule has 2 aliphatic heterocycles. The van der Waals surface area contributed by atoms with Gasteiger partial charge in [-0.1, -0.05) is 23.7 Å². The van der Waals surface area contributed by atoms with E-state index in [1.54, 1.807) is 21.9 Å². The third-order valence-corrected chi connectivity index (χ3v) is 10.2. The highest BCUT2D eigenvalue weighted by atomic mass is 35.5. The lowest BCUT2D eigenvalue weighted by Gasteiger charge is -2.35. The molecule has 1 aromatic heterocycles. The van der Waals surface area contributed by atoms with Crippen LogP contribution in [0.5, 0.6) is 0 Å². The van der Waals surface area contributed by atoms with Gasteiger partial charge in [0.15, 0.2) is 0 Å². The fourth-order valence-corrected chi connectivity index (χ4v) is 7.18. The molecule has 0 atom stereocenters. The van der Waals surface area contributed by atoms with E-state index in [0.717, 1.165) is 25.5 Å². The van der Waals surface area contributed by atoms with Crippen molar-refractivity contribution < 1.29 is 26.8 Å². The monoisotopic (exact) mass is 674 g/mol. The van der Waals surface area contributed by atoms with Gasteiger partial charge in [0, 0.05) is 68.1 Å². The first kappa shape index (κ1) is 33.7. The number of piperazine rings is 1. The lowest BCUT2D eigenvalue weighted by atomic mass is 9.99. The second-order valence-corrected chi connectivity index (χ2v) is 14.0. The van der Waals surface area contributed by atoms with Gasteiger partial charge in [-0.3, -0.25) is 9.59 Å². The van der Waals surface area contributed by atoms with Crippen molar-refractivity contribution in [2.24, 2.45) is 0 Å². The molecule has 0 bridgehead atoms. The Morgan fingerprint density at radius 2 is 1.65 bits per heavy atom. The zero-order chi connectivity index (χ0) is 33.1. The molecular weight excluding hydrogens is 638 g/mol. The average molecular weight is 675 g/mol. The Bertz CT molecular complexity index is 1660. The van der Waals surface area contributed by atoms with Crippen molar-refractivity contribution >= 4 is 44.9 Å². The first-order valence-corrected chi connectivity index (χ1v) is 16.9. The second-order valence-electron chi connectivity index (χ2n) is 11.6. The third-order valence-electron chi connectivity index (χ3n) is 8.14. The summed E-state index contributed by atoms with van der Waals surface area (Å²) in [5.41, 5.74) is 0.276. The van der Waals surface area contributed by atoms with E-state index in [4.69, 9.17) is 11.6 Å². The minimum Gasteiger partial charge on any atom is -0.354 e. The number of nitrogens with one attached hydrogen (secondary N) is 1. The van der Waals surface area contributed by atoms with Crippen molar-refractivity contribution in [2.75, 3.05) is 69.7 Å². The fraction of sp³-hybridized carbons (Fsp3) is 0.406. The molecule has 2 fully saturated rings. The maximum absolute atomic E-state index is 15.7. The highest BCUT2D eigenvalue weighted by molar-refractivity contribution is 7.89. The van der Waals surface area contributed by atoms with Crippen LogP contribution in [0.2, 0.25) is 5.15 Å². The molecule has 10 nitrogen and oxygen atoms in total. The first-order valence-electron chi connectivity index (χ1n) is 15.1. The highest BCUT2D eigenvalue weighted by Crippen LogP contribution is 2.38. The van der Waals surface area contributed by atoms with Gasteiger partial charge in [0.2, 0.25) is 15.9 Å². The minimum atomic E-state index is -3.81. The number of alkyl halides is 2. The van der Waals surface area contributed by atoms with Gasteiger partial charge in [-0.05, 0) is 82.0 Å². The average Bonchev–Trinajstić information content (AvgIpc) is 3.48. The fourth-order valence-electron chi connectivity index (χ4n) is 5.55. The Hall–Kier alpha value is -3.65. The Balaban J connectivity index is 1.23. The largest absolute Gasteiger partial charge is 0.354 e. The number of halogens is 3. The van der Waals surface area contributed by atoms with E-state index in [-0.39, 0.29) is 70.6 Å². The predicted octanol–water partition coefficient (Wildman–Crippen LogP) is 4.19. The lowest BCUT2D eigenvalue weighted by molar-refractivity contribution is -0.117. The molecule has 5 rings (SSSR count). The number of rotatable bonds is 11. The number of amides is 2. The Morgan fingerprint density at radius 3 is 2.26 bits per heavy atom. The van der Waals surface area contributed by atoms with Crippen molar-refractivity contribution in [1.29, 1.82) is 0 Å². The Labute approximate surface area is 273 Å². The molecule has 3 aromatic rings. The van der Waals surface area contributed by atoms with Gasteiger partial charge in [-0.25, -0.2) is 13.4 Å². The normalized spacial score (nSPS) is 16.3. The summed E-state index contributed by atoms with van der Waals surface area (Å²) in [7, 11) is 0.0697. The molecule has 46 heavy (non-hydrogen) atoms. The molecule has 2 aliphatic rings. The number of sulfonamides is 1. The molecule has 2 amide bonds. The van der Waals surface area contributed by atoms with Crippen molar-refractivity contribution in [2.45, 2.75) is 30.1 Å². The molecule has 14 heteroatoms. The van der Waals surface area contributed by atoms with Crippen LogP contribution in [0.15, 0.2) is 65.6 Å². The van der Waals surface area contributed by atoms with Gasteiger partial charge >= 0.3 is 0 Å². The second kappa shape index (κ2) is 14.0. The van der Waals surface area contributed by atoms with E-state index in [2.05, 4.69) is 10.3 Å². The summed E-state index contributed by atoms with van der Waals surface area (Å²) in [5.74, 6) is -3.53. The molecule has 1 N–H and O–H groups in total. The molecule has 0 radical (unpaired) electrons. The van der Waals surface area contributed by atoms with Crippen molar-refractivity contribution in [1.82, 2.24) is 19.5 Å². The standard InChI is InChI=1S/C32H37ClF2N6O4S/c1-38(2)15-4-14-36-31(43)23-6-8-24(9-7-23)32(34,35)25-21-28(33)37-29(22-25)39-17-19-40(20-18-39)46(44,45)27-12-10-26(11-13-27)41-16-3-5-30(41)42/h6-13,21-22H,3-5,14-20H2,1-2H3,(H,36,43). The SMILES string of the molecule is CN(C)CCCNC(=O)c1ccc(C(F)(F)c2cc(Cl)nc(N3CCN(S(=O)(=O)c4ccc(N5CCCC5=O)cc4)CC3)c2)cc1. The van der Waals surface area contributed by atoms with Crippen LogP contribution < -0.4 is 15.1 Å². The zero-order valence-corrected chi connectivity index (χ0v) is 27.3. The molecule has 0 aliphatic carbocycles. The van der Waals surface area contributed by atoms with Gasteiger partial charge in [0.1, 0.15) is 11.0 Å². The van der Waals surface area contributed by atoms with Crippen LogP contribution in [0.4, 0.5) is 20.3 Å². The van der Waals surface area contributed by atoms with E-state index in [1.807, 2.05) is 19.0 Å². The minimum absolute atomic E-state index is 0.0197. The zero-order valence-electron chi connectivity index (χ0n) is 25.8. The molecule has 3 heterocycles. The van der Waals surface area contributed by atoms with Crippen molar-refractivity contribution in [3.63, 3.8) is 0 Å². The Kier molecular flexibility index (Phi) is 10.3. The summed E-state index contributed by atoms with van der Waals surface area (Å²) in [6.07, 6.45) is 2.02. The van der Waals surface area contributed by atoms with E-state index in [0.29, 0.717) is 25.2 Å². The topological polar surface area (TPSA) is 106 Å². The number of pyridine rings is 1. The highest BCUT2D eigenvalue weighted by Gasteiger charge is 2.36. The maximum Gasteiger partial charge on any atom is 0.298 e. The summed E-state index contributed by atoms with van der Waals surface area (Å²) in [6.45, 7) is 2.57. The lowest BCUT2D eigenvalue weighted by Crippen LogP contribution is -2.49. The van der Waals surface area contributed by atoms with E-state index in [1.165, 1.54) is 46.8 Å². The van der Waals surface area contributed by atoms with Crippen LogP contribution in [-0.2, 0) is 20.7 Å². The van der Waals surface area contributed by atoms with E-state index >= 15 is 8.78 Å². The summed E-state index contributed by atoms with van der Waals surface area (Å²) in [4.78, 5) is 34.2. The summed E-state index contributed by atoms with van der Waals surface area (Å²) in [5, 5.41) is 2.67. The summed E-state index contributed by atoms with van der Waals surface area (Å²) in [6, 6.07) is 13.8. The number of benzene rings is 2. The van der Waals surface area contributed by atoms with E-state index in [9.17, 15) is 18.0 Å². The van der Waals surface area contributed by atoms with Crippen LogP contribution in [0.25, 0.3) is 0 Å². The number of aromatic nitrogens is 1. The van der Waals surface area contributed by atoms with Crippen LogP contribution in [0.3, 0.4) is 0 Å². The maximum atomic E-state index is 15.7. The van der Waals surface area contributed by atoms with Gasteiger partial charge in [0.05, 0.1) is 4.90 Å². The third kappa shape index (κ3) is 7.49. The molecule has 0 saturated carbocycles. The van der Waals surface area contributed by atoms with Crippen LogP contribution in [0.1, 0.15) is 40.7 Å². The number of nitrogens with zero attached hydrogens (tertiary/aromatic N) is 5.